The number of urea groups is 1. The molecular formula is C17H30N2O5. The van der Waals surface area contributed by atoms with Crippen molar-refractivity contribution < 1.29 is 23.9 Å². The molecule has 0 spiro atoms. The van der Waals surface area contributed by atoms with Crippen LogP contribution in [0.25, 0.3) is 0 Å². The molecule has 0 saturated heterocycles. The molecule has 7 heteroatoms. The van der Waals surface area contributed by atoms with Crippen LogP contribution in [0.1, 0.15) is 72.1 Å². The van der Waals surface area contributed by atoms with Crippen LogP contribution in [-0.4, -0.2) is 30.3 Å². The number of primary amides is 1. The molecule has 1 atom stereocenters. The molecular weight excluding hydrogens is 312 g/mol. The Morgan fingerprint density at radius 1 is 1.00 bits per heavy atom. The van der Waals surface area contributed by atoms with Crippen LogP contribution >= 0.6 is 0 Å². The van der Waals surface area contributed by atoms with Crippen LogP contribution in [0.4, 0.5) is 4.79 Å². The third kappa shape index (κ3) is 7.57. The summed E-state index contributed by atoms with van der Waals surface area (Å²) in [5.74, 6) is -1.94. The first-order chi connectivity index (χ1) is 11.3. The van der Waals surface area contributed by atoms with Gasteiger partial charge in [0.15, 0.2) is 0 Å². The van der Waals surface area contributed by atoms with Gasteiger partial charge >= 0.3 is 12.0 Å². The Bertz CT molecular complexity index is 450. The number of rotatable bonds is 12. The van der Waals surface area contributed by atoms with E-state index in [0.717, 1.165) is 32.1 Å². The molecule has 3 N–H and O–H groups in total. The van der Waals surface area contributed by atoms with Crippen LogP contribution in [0.3, 0.4) is 0 Å². The molecule has 0 aliphatic carbocycles. The third-order valence-electron chi connectivity index (χ3n) is 4.05. The van der Waals surface area contributed by atoms with Gasteiger partial charge in [-0.2, -0.15) is 0 Å². The van der Waals surface area contributed by atoms with Gasteiger partial charge in [0.2, 0.25) is 5.91 Å². The van der Waals surface area contributed by atoms with Gasteiger partial charge in [0.05, 0.1) is 13.0 Å². The first-order valence-corrected chi connectivity index (χ1v) is 8.57. The molecule has 0 aliphatic rings. The van der Waals surface area contributed by atoms with Crippen molar-refractivity contribution in [3.63, 3.8) is 0 Å². The second-order valence-corrected chi connectivity index (χ2v) is 5.96. The number of esters is 1. The number of amides is 3. The van der Waals surface area contributed by atoms with E-state index in [0.29, 0.717) is 6.42 Å². The normalized spacial score (nSPS) is 13.0. The first-order valence-electron chi connectivity index (χ1n) is 8.57. The van der Waals surface area contributed by atoms with E-state index in [2.05, 4.69) is 6.92 Å². The number of hydrogen-bond donors (Lipinski definition) is 2. The molecule has 1 unspecified atom stereocenters. The Morgan fingerprint density at radius 3 is 2.08 bits per heavy atom. The highest BCUT2D eigenvalue weighted by Gasteiger charge is 2.45. The van der Waals surface area contributed by atoms with E-state index in [-0.39, 0.29) is 19.4 Å². The van der Waals surface area contributed by atoms with Gasteiger partial charge in [-0.1, -0.05) is 45.4 Å². The second kappa shape index (κ2) is 11.6. The number of carbonyl (C=O) groups excluding carboxylic acids is 4. The van der Waals surface area contributed by atoms with Crippen molar-refractivity contribution in [2.45, 2.75) is 72.1 Å². The van der Waals surface area contributed by atoms with Crippen molar-refractivity contribution in [3.8, 4) is 0 Å². The lowest BCUT2D eigenvalue weighted by atomic mass is 9.75. The van der Waals surface area contributed by atoms with E-state index >= 15 is 0 Å². The summed E-state index contributed by atoms with van der Waals surface area (Å²) in [5, 5.41) is 1.95. The van der Waals surface area contributed by atoms with Crippen LogP contribution in [-0.2, 0) is 19.1 Å². The SMILES string of the molecule is CCCCCCCCC(CC(=O)OCC)(C(C)=O)C(=O)NC(N)=O. The molecule has 0 saturated carbocycles. The number of nitrogens with two attached hydrogens (primary N) is 1. The van der Waals surface area contributed by atoms with Crippen molar-refractivity contribution in [2.24, 2.45) is 11.1 Å². The van der Waals surface area contributed by atoms with Crippen LogP contribution < -0.4 is 11.1 Å². The van der Waals surface area contributed by atoms with E-state index in [4.69, 9.17) is 10.5 Å². The minimum Gasteiger partial charge on any atom is -0.466 e. The molecule has 138 valence electrons. The average molecular weight is 342 g/mol. The van der Waals surface area contributed by atoms with Crippen LogP contribution in [0.5, 0.6) is 0 Å². The summed E-state index contributed by atoms with van der Waals surface area (Å²) in [6.07, 6.45) is 5.62. The van der Waals surface area contributed by atoms with Crippen molar-refractivity contribution in [1.82, 2.24) is 5.32 Å². The first kappa shape index (κ1) is 22.1. The smallest absolute Gasteiger partial charge is 0.318 e. The highest BCUT2D eigenvalue weighted by atomic mass is 16.5. The summed E-state index contributed by atoms with van der Waals surface area (Å²) in [6.45, 7) is 5.16. The molecule has 0 aromatic carbocycles. The zero-order valence-electron chi connectivity index (χ0n) is 15.0. The Balaban J connectivity index is 5.06. The molecule has 0 aromatic rings. The zero-order chi connectivity index (χ0) is 18.6. The fourth-order valence-corrected chi connectivity index (χ4v) is 2.64. The lowest BCUT2D eigenvalue weighted by Crippen LogP contribution is -2.50. The molecule has 0 fully saturated rings. The monoisotopic (exact) mass is 342 g/mol. The topological polar surface area (TPSA) is 116 Å². The molecule has 0 aliphatic heterocycles. The molecule has 3 amide bonds. The van der Waals surface area contributed by atoms with Crippen molar-refractivity contribution in [2.75, 3.05) is 6.61 Å². The number of nitrogens with one attached hydrogen (secondary N) is 1. The molecule has 24 heavy (non-hydrogen) atoms. The van der Waals surface area contributed by atoms with E-state index < -0.39 is 29.1 Å². The zero-order valence-corrected chi connectivity index (χ0v) is 15.0. The molecule has 0 rings (SSSR count). The van der Waals surface area contributed by atoms with E-state index in [1.54, 1.807) is 6.92 Å². The van der Waals surface area contributed by atoms with Gasteiger partial charge in [-0.3, -0.25) is 19.7 Å². The Morgan fingerprint density at radius 2 is 1.58 bits per heavy atom. The largest absolute Gasteiger partial charge is 0.466 e. The molecule has 0 heterocycles. The summed E-state index contributed by atoms with van der Waals surface area (Å²) in [7, 11) is 0. The average Bonchev–Trinajstić information content (AvgIpc) is 2.48. The minimum absolute atomic E-state index is 0.154. The second-order valence-electron chi connectivity index (χ2n) is 5.96. The predicted molar refractivity (Wildman–Crippen MR) is 90.1 cm³/mol. The highest BCUT2D eigenvalue weighted by Crippen LogP contribution is 2.32. The maximum atomic E-state index is 12.4. The Kier molecular flexibility index (Phi) is 10.7. The Labute approximate surface area is 143 Å². The molecule has 0 aromatic heterocycles. The molecule has 7 nitrogen and oxygen atoms in total. The van der Waals surface area contributed by atoms with Gasteiger partial charge in [-0.15, -0.1) is 0 Å². The number of carbonyl (C=O) groups is 4. The van der Waals surface area contributed by atoms with Gasteiger partial charge in [0.25, 0.3) is 0 Å². The van der Waals surface area contributed by atoms with Crippen LogP contribution in [0, 0.1) is 5.41 Å². The minimum atomic E-state index is -1.61. The number of ether oxygens (including phenoxy) is 1. The lowest BCUT2D eigenvalue weighted by Gasteiger charge is -2.28. The van der Waals surface area contributed by atoms with Crippen molar-refractivity contribution in [1.29, 1.82) is 0 Å². The summed E-state index contributed by atoms with van der Waals surface area (Å²) in [4.78, 5) is 47.4. The van der Waals surface area contributed by atoms with Gasteiger partial charge in [-0.05, 0) is 20.3 Å². The van der Waals surface area contributed by atoms with E-state index in [9.17, 15) is 19.2 Å². The van der Waals surface area contributed by atoms with Gasteiger partial charge in [-0.25, -0.2) is 4.79 Å². The summed E-state index contributed by atoms with van der Waals surface area (Å²) in [5.41, 5.74) is 3.39. The third-order valence-corrected chi connectivity index (χ3v) is 4.05. The van der Waals surface area contributed by atoms with Gasteiger partial charge in [0, 0.05) is 0 Å². The quantitative estimate of drug-likeness (QED) is 0.321. The van der Waals surface area contributed by atoms with Crippen LogP contribution in [0.2, 0.25) is 0 Å². The van der Waals surface area contributed by atoms with Crippen molar-refractivity contribution in [3.05, 3.63) is 0 Å². The predicted octanol–water partition coefficient (Wildman–Crippen LogP) is 2.46. The summed E-state index contributed by atoms with van der Waals surface area (Å²) < 4.78 is 4.87. The lowest BCUT2D eigenvalue weighted by molar-refractivity contribution is -0.154. The van der Waals surface area contributed by atoms with E-state index in [1.165, 1.54) is 6.92 Å². The highest BCUT2D eigenvalue weighted by molar-refractivity contribution is 6.11. The molecule has 0 radical (unpaired) electrons. The fourth-order valence-electron chi connectivity index (χ4n) is 2.64. The standard InChI is InChI=1S/C17H30N2O5/c1-4-6-7-8-9-10-11-17(13(3)20,12-14(21)24-5-2)15(22)19-16(18)23/h4-12H2,1-3H3,(H3,18,19,22,23). The van der Waals surface area contributed by atoms with Gasteiger partial charge < -0.3 is 10.5 Å². The van der Waals surface area contributed by atoms with Gasteiger partial charge in [0.1, 0.15) is 11.2 Å². The number of unbranched alkanes of at least 4 members (excludes halogenated alkanes) is 5. The maximum Gasteiger partial charge on any atom is 0.318 e. The molecule has 0 bridgehead atoms. The number of ketones is 1. The van der Waals surface area contributed by atoms with Crippen LogP contribution in [0.15, 0.2) is 0 Å². The van der Waals surface area contributed by atoms with Crippen molar-refractivity contribution >= 4 is 23.7 Å². The van der Waals surface area contributed by atoms with E-state index in [1.807, 2.05) is 5.32 Å². The Hall–Kier alpha value is -1.92. The summed E-state index contributed by atoms with van der Waals surface area (Å²) >= 11 is 0. The fraction of sp³-hybridized carbons (Fsp3) is 0.765. The number of Topliss-reactive ketones (excluding diaryl/α,β-unsaturated/α-hetero) is 1. The summed E-state index contributed by atoms with van der Waals surface area (Å²) in [6, 6.07) is -1.04. The number of hydrogen-bond acceptors (Lipinski definition) is 5. The maximum absolute atomic E-state index is 12.4. The number of imide groups is 1.